The molecule has 3 atom stereocenters. The van der Waals surface area contributed by atoms with Crippen molar-refractivity contribution in [3.8, 4) is 5.75 Å². The van der Waals surface area contributed by atoms with E-state index < -0.39 is 0 Å². The lowest BCUT2D eigenvalue weighted by molar-refractivity contribution is 0.0604. The number of hydrogen-bond donors (Lipinski definition) is 2. The fourth-order valence-electron chi connectivity index (χ4n) is 2.10. The minimum atomic E-state index is -0.376. The lowest BCUT2D eigenvalue weighted by Gasteiger charge is -2.18. The fourth-order valence-corrected chi connectivity index (χ4v) is 2.34. The first kappa shape index (κ1) is 12.7. The van der Waals surface area contributed by atoms with Crippen LogP contribution in [0.15, 0.2) is 18.2 Å². The summed E-state index contributed by atoms with van der Waals surface area (Å²) in [6, 6.07) is 5.51. The summed E-state index contributed by atoms with van der Waals surface area (Å²) in [4.78, 5) is 0. The third-order valence-electron chi connectivity index (χ3n) is 3.18. The quantitative estimate of drug-likeness (QED) is 0.873. The van der Waals surface area contributed by atoms with Crippen molar-refractivity contribution in [2.24, 2.45) is 5.73 Å². The van der Waals surface area contributed by atoms with E-state index in [1.54, 1.807) is 0 Å². The van der Waals surface area contributed by atoms with E-state index in [9.17, 15) is 5.11 Å². The maximum Gasteiger partial charge on any atom is 0.138 e. The number of hydrogen-bond acceptors (Lipinski definition) is 3. The Morgan fingerprint density at radius 3 is 2.76 bits per heavy atom. The van der Waals surface area contributed by atoms with Crippen LogP contribution in [0.2, 0.25) is 5.02 Å². The van der Waals surface area contributed by atoms with Crippen LogP contribution in [0.1, 0.15) is 37.8 Å². The number of aliphatic hydroxyl groups is 1. The SMILES string of the molecule is C[C@@H](N)c1ccc(OC2CCCC2O)c(Cl)c1. The molecule has 0 aromatic heterocycles. The van der Waals surface area contributed by atoms with Crippen molar-refractivity contribution in [2.75, 3.05) is 0 Å². The van der Waals surface area contributed by atoms with Crippen LogP contribution in [-0.2, 0) is 0 Å². The molecule has 0 bridgehead atoms. The van der Waals surface area contributed by atoms with Crippen molar-refractivity contribution in [3.63, 3.8) is 0 Å². The zero-order valence-corrected chi connectivity index (χ0v) is 10.7. The number of benzene rings is 1. The molecule has 0 amide bonds. The van der Waals surface area contributed by atoms with Gasteiger partial charge in [0, 0.05) is 6.04 Å². The molecule has 4 heteroatoms. The number of rotatable bonds is 3. The van der Waals surface area contributed by atoms with Gasteiger partial charge in [-0.2, -0.15) is 0 Å². The predicted octanol–water partition coefficient (Wildman–Crippen LogP) is 2.65. The maximum atomic E-state index is 9.70. The van der Waals surface area contributed by atoms with Crippen molar-refractivity contribution in [1.29, 1.82) is 0 Å². The van der Waals surface area contributed by atoms with Crippen LogP contribution in [0.4, 0.5) is 0 Å². The lowest BCUT2D eigenvalue weighted by atomic mass is 10.1. The maximum absolute atomic E-state index is 9.70. The van der Waals surface area contributed by atoms with Gasteiger partial charge in [-0.05, 0) is 43.9 Å². The highest BCUT2D eigenvalue weighted by Gasteiger charge is 2.27. The fraction of sp³-hybridized carbons (Fsp3) is 0.538. The summed E-state index contributed by atoms with van der Waals surface area (Å²) in [6.07, 6.45) is 2.18. The molecule has 2 unspecified atom stereocenters. The van der Waals surface area contributed by atoms with Crippen LogP contribution in [0, 0.1) is 0 Å². The highest BCUT2D eigenvalue weighted by Crippen LogP contribution is 2.31. The van der Waals surface area contributed by atoms with Crippen LogP contribution >= 0.6 is 11.6 Å². The Hall–Kier alpha value is -0.770. The Balaban J connectivity index is 2.11. The van der Waals surface area contributed by atoms with Crippen LogP contribution in [0.5, 0.6) is 5.75 Å². The molecule has 0 spiro atoms. The van der Waals surface area contributed by atoms with Gasteiger partial charge in [0.1, 0.15) is 11.9 Å². The minimum Gasteiger partial charge on any atom is -0.486 e. The van der Waals surface area contributed by atoms with Crippen molar-refractivity contribution in [2.45, 2.75) is 44.4 Å². The van der Waals surface area contributed by atoms with E-state index in [2.05, 4.69) is 0 Å². The highest BCUT2D eigenvalue weighted by molar-refractivity contribution is 6.32. The van der Waals surface area contributed by atoms with Gasteiger partial charge in [-0.1, -0.05) is 17.7 Å². The van der Waals surface area contributed by atoms with Crippen molar-refractivity contribution >= 4 is 11.6 Å². The Bertz CT molecular complexity index is 395. The van der Waals surface area contributed by atoms with E-state index in [0.29, 0.717) is 10.8 Å². The van der Waals surface area contributed by atoms with Gasteiger partial charge in [-0.25, -0.2) is 0 Å². The van der Waals surface area contributed by atoms with Gasteiger partial charge in [0.05, 0.1) is 11.1 Å². The molecule has 1 fully saturated rings. The molecular formula is C13H18ClNO2. The van der Waals surface area contributed by atoms with Crippen molar-refractivity contribution in [3.05, 3.63) is 28.8 Å². The predicted molar refractivity (Wildman–Crippen MR) is 68.3 cm³/mol. The summed E-state index contributed by atoms with van der Waals surface area (Å²) in [5.41, 5.74) is 6.76. The molecule has 1 aliphatic rings. The zero-order chi connectivity index (χ0) is 12.4. The molecule has 2 rings (SSSR count). The average molecular weight is 256 g/mol. The van der Waals surface area contributed by atoms with Gasteiger partial charge < -0.3 is 15.6 Å². The van der Waals surface area contributed by atoms with Gasteiger partial charge in [-0.15, -0.1) is 0 Å². The number of ether oxygens (including phenoxy) is 1. The summed E-state index contributed by atoms with van der Waals surface area (Å²) in [6.45, 7) is 1.91. The second-order valence-corrected chi connectivity index (χ2v) is 5.04. The third kappa shape index (κ3) is 2.92. The van der Waals surface area contributed by atoms with Gasteiger partial charge in [0.15, 0.2) is 0 Å². The van der Waals surface area contributed by atoms with Crippen molar-refractivity contribution in [1.82, 2.24) is 0 Å². The molecule has 0 radical (unpaired) electrons. The third-order valence-corrected chi connectivity index (χ3v) is 3.47. The van der Waals surface area contributed by atoms with Gasteiger partial charge >= 0.3 is 0 Å². The second kappa shape index (κ2) is 5.25. The topological polar surface area (TPSA) is 55.5 Å². The largest absolute Gasteiger partial charge is 0.486 e. The first-order chi connectivity index (χ1) is 8.08. The second-order valence-electron chi connectivity index (χ2n) is 4.63. The molecule has 0 aliphatic heterocycles. The van der Waals surface area contributed by atoms with E-state index in [0.717, 1.165) is 24.8 Å². The zero-order valence-electron chi connectivity index (χ0n) is 9.90. The summed E-state index contributed by atoms with van der Waals surface area (Å²) in [5, 5.41) is 10.3. The van der Waals surface area contributed by atoms with E-state index in [1.165, 1.54) is 0 Å². The lowest BCUT2D eigenvalue weighted by Crippen LogP contribution is -2.25. The van der Waals surface area contributed by atoms with Gasteiger partial charge in [-0.3, -0.25) is 0 Å². The molecule has 0 heterocycles. The molecule has 94 valence electrons. The number of halogens is 1. The molecule has 3 nitrogen and oxygen atoms in total. The first-order valence-electron chi connectivity index (χ1n) is 5.97. The molecule has 1 aromatic carbocycles. The van der Waals surface area contributed by atoms with Crippen LogP contribution in [0.3, 0.4) is 0 Å². The summed E-state index contributed by atoms with van der Waals surface area (Å²) in [7, 11) is 0. The molecule has 3 N–H and O–H groups in total. The Morgan fingerprint density at radius 2 is 2.24 bits per heavy atom. The summed E-state index contributed by atoms with van der Waals surface area (Å²) < 4.78 is 5.73. The van der Waals surface area contributed by atoms with Crippen LogP contribution < -0.4 is 10.5 Å². The van der Waals surface area contributed by atoms with E-state index in [-0.39, 0.29) is 18.2 Å². The van der Waals surface area contributed by atoms with E-state index in [4.69, 9.17) is 22.1 Å². The molecule has 17 heavy (non-hydrogen) atoms. The normalized spacial score (nSPS) is 25.9. The molecule has 0 saturated heterocycles. The van der Waals surface area contributed by atoms with Gasteiger partial charge in [0.2, 0.25) is 0 Å². The first-order valence-corrected chi connectivity index (χ1v) is 6.35. The highest BCUT2D eigenvalue weighted by atomic mass is 35.5. The smallest absolute Gasteiger partial charge is 0.138 e. The Kier molecular flexibility index (Phi) is 3.92. The average Bonchev–Trinajstić information content (AvgIpc) is 2.67. The van der Waals surface area contributed by atoms with E-state index in [1.807, 2.05) is 25.1 Å². The van der Waals surface area contributed by atoms with Gasteiger partial charge in [0.25, 0.3) is 0 Å². The van der Waals surface area contributed by atoms with Crippen molar-refractivity contribution < 1.29 is 9.84 Å². The number of nitrogens with two attached hydrogens (primary N) is 1. The standard InChI is InChI=1S/C13H18ClNO2/c1-8(15)9-5-6-12(10(14)7-9)17-13-4-2-3-11(13)16/h5-8,11,13,16H,2-4,15H2,1H3/t8-,11?,13?/m1/s1. The Labute approximate surface area is 107 Å². The summed E-state index contributed by atoms with van der Waals surface area (Å²) in [5.74, 6) is 0.627. The molecule has 1 saturated carbocycles. The molecular weight excluding hydrogens is 238 g/mol. The minimum absolute atomic E-state index is 0.0429. The van der Waals surface area contributed by atoms with E-state index >= 15 is 0 Å². The Morgan fingerprint density at radius 1 is 1.47 bits per heavy atom. The number of aliphatic hydroxyl groups excluding tert-OH is 1. The molecule has 1 aromatic rings. The monoisotopic (exact) mass is 255 g/mol. The van der Waals surface area contributed by atoms with Crippen LogP contribution in [0.25, 0.3) is 0 Å². The summed E-state index contributed by atoms with van der Waals surface area (Å²) >= 11 is 6.14. The molecule has 1 aliphatic carbocycles. The van der Waals surface area contributed by atoms with Crippen LogP contribution in [-0.4, -0.2) is 17.3 Å².